The van der Waals surface area contributed by atoms with Gasteiger partial charge < -0.3 is 20.1 Å². The number of amides is 1. The Morgan fingerprint density at radius 3 is 2.56 bits per heavy atom. The van der Waals surface area contributed by atoms with Gasteiger partial charge in [0.2, 0.25) is 5.91 Å². The minimum atomic E-state index is -0.0593. The molecule has 2 rings (SSSR count). The highest BCUT2D eigenvalue weighted by Crippen LogP contribution is 2.15. The molecule has 27 heavy (non-hydrogen) atoms. The number of aliphatic imine (C=N–C) groups is 1. The van der Waals surface area contributed by atoms with Crippen LogP contribution in [0.5, 0.6) is 0 Å². The fourth-order valence-corrected chi connectivity index (χ4v) is 3.33. The fourth-order valence-electron chi connectivity index (χ4n) is 2.76. The van der Waals surface area contributed by atoms with E-state index in [0.717, 1.165) is 35.6 Å². The van der Waals surface area contributed by atoms with E-state index in [2.05, 4.69) is 55.2 Å². The Kier molecular flexibility index (Phi) is 7.91. The van der Waals surface area contributed by atoms with Gasteiger partial charge in [0.1, 0.15) is 0 Å². The lowest BCUT2D eigenvalue weighted by Gasteiger charge is -2.22. The number of carbonyl (C=O) groups is 1. The average Bonchev–Trinajstić information content (AvgIpc) is 2.92. The van der Waals surface area contributed by atoms with Gasteiger partial charge in [-0.2, -0.15) is 0 Å². The number of anilines is 1. The maximum absolute atomic E-state index is 11.1. The number of carbonyl (C=O) groups excluding carboxylic acids is 1. The van der Waals surface area contributed by atoms with Crippen LogP contribution >= 0.6 is 15.9 Å². The van der Waals surface area contributed by atoms with E-state index in [0.29, 0.717) is 6.54 Å². The second-order valence-electron chi connectivity index (χ2n) is 6.48. The van der Waals surface area contributed by atoms with Crippen LogP contribution in [0, 0.1) is 0 Å². The van der Waals surface area contributed by atoms with E-state index >= 15 is 0 Å². The molecule has 1 amide bonds. The lowest BCUT2D eigenvalue weighted by atomic mass is 10.1. The highest BCUT2D eigenvalue weighted by Gasteiger charge is 2.09. The summed E-state index contributed by atoms with van der Waals surface area (Å²) in [6.45, 7) is 5.88. The van der Waals surface area contributed by atoms with Crippen LogP contribution in [0.15, 0.2) is 46.0 Å². The molecule has 0 aliphatic rings. The van der Waals surface area contributed by atoms with Crippen LogP contribution in [0.3, 0.4) is 0 Å². The molecule has 0 atom stereocenters. The van der Waals surface area contributed by atoms with E-state index < -0.39 is 0 Å². The van der Waals surface area contributed by atoms with E-state index in [1.807, 2.05) is 38.4 Å². The monoisotopic (exact) mass is 433 g/mol. The standard InChI is InChI=1S/C20H28BrN5O/c1-5-22-20(26(4)14-19-12-17(21)13-25(19)3)23-11-10-16-6-8-18(9-7-16)24-15(2)27/h6-9,12-13H,5,10-11,14H2,1-4H3,(H,22,23)(H,24,27). The van der Waals surface area contributed by atoms with Crippen molar-refractivity contribution in [3.8, 4) is 0 Å². The zero-order valence-corrected chi connectivity index (χ0v) is 18.0. The molecule has 0 spiro atoms. The Balaban J connectivity index is 1.95. The highest BCUT2D eigenvalue weighted by molar-refractivity contribution is 9.10. The predicted octanol–water partition coefficient (Wildman–Crippen LogP) is 3.39. The third-order valence-electron chi connectivity index (χ3n) is 4.11. The van der Waals surface area contributed by atoms with Crippen LogP contribution in [0.25, 0.3) is 0 Å². The molecular formula is C20H28BrN5O. The number of hydrogen-bond acceptors (Lipinski definition) is 2. The van der Waals surface area contributed by atoms with Gasteiger partial charge in [0, 0.05) is 56.2 Å². The van der Waals surface area contributed by atoms with Crippen molar-refractivity contribution < 1.29 is 4.79 Å². The van der Waals surface area contributed by atoms with Crippen molar-refractivity contribution in [2.75, 3.05) is 25.5 Å². The SMILES string of the molecule is CCNC(=NCCc1ccc(NC(C)=O)cc1)N(C)Cc1cc(Br)cn1C. The van der Waals surface area contributed by atoms with Crippen molar-refractivity contribution in [2.45, 2.75) is 26.8 Å². The highest BCUT2D eigenvalue weighted by atomic mass is 79.9. The molecule has 0 aliphatic heterocycles. The van der Waals surface area contributed by atoms with Crippen molar-refractivity contribution >= 4 is 33.5 Å². The Labute approximate surface area is 169 Å². The smallest absolute Gasteiger partial charge is 0.221 e. The number of benzene rings is 1. The summed E-state index contributed by atoms with van der Waals surface area (Å²) in [4.78, 5) is 18.0. The molecule has 1 aromatic heterocycles. The van der Waals surface area contributed by atoms with E-state index in [-0.39, 0.29) is 5.91 Å². The molecule has 146 valence electrons. The Morgan fingerprint density at radius 1 is 1.30 bits per heavy atom. The first-order valence-corrected chi connectivity index (χ1v) is 9.85. The Hall–Kier alpha value is -2.28. The number of hydrogen-bond donors (Lipinski definition) is 2. The molecular weight excluding hydrogens is 406 g/mol. The summed E-state index contributed by atoms with van der Waals surface area (Å²) < 4.78 is 3.19. The third-order valence-corrected chi connectivity index (χ3v) is 4.54. The van der Waals surface area contributed by atoms with Gasteiger partial charge in [-0.3, -0.25) is 9.79 Å². The first-order chi connectivity index (χ1) is 12.9. The van der Waals surface area contributed by atoms with Gasteiger partial charge in [-0.05, 0) is 53.0 Å². The van der Waals surface area contributed by atoms with Crippen LogP contribution in [0.4, 0.5) is 5.69 Å². The van der Waals surface area contributed by atoms with Crippen LogP contribution in [0.2, 0.25) is 0 Å². The Morgan fingerprint density at radius 2 is 2.00 bits per heavy atom. The molecule has 6 nitrogen and oxygen atoms in total. The number of halogens is 1. The molecule has 0 fully saturated rings. The molecule has 0 bridgehead atoms. The Bertz CT molecular complexity index is 782. The van der Waals surface area contributed by atoms with E-state index in [9.17, 15) is 4.79 Å². The molecule has 0 saturated heterocycles. The van der Waals surface area contributed by atoms with Gasteiger partial charge in [0.15, 0.2) is 5.96 Å². The van der Waals surface area contributed by atoms with Gasteiger partial charge in [0.25, 0.3) is 0 Å². The van der Waals surface area contributed by atoms with Gasteiger partial charge >= 0.3 is 0 Å². The normalized spacial score (nSPS) is 11.4. The quantitative estimate of drug-likeness (QED) is 0.519. The zero-order chi connectivity index (χ0) is 19.8. The lowest BCUT2D eigenvalue weighted by molar-refractivity contribution is -0.114. The molecule has 0 unspecified atom stereocenters. The number of aromatic nitrogens is 1. The van der Waals surface area contributed by atoms with E-state index in [1.54, 1.807) is 0 Å². The topological polar surface area (TPSA) is 61.7 Å². The van der Waals surface area contributed by atoms with Crippen LogP contribution < -0.4 is 10.6 Å². The molecule has 0 aliphatic carbocycles. The summed E-state index contributed by atoms with van der Waals surface area (Å²) in [6, 6.07) is 10.0. The second kappa shape index (κ2) is 10.2. The van der Waals surface area contributed by atoms with Crippen molar-refractivity contribution in [3.05, 3.63) is 52.3 Å². The van der Waals surface area contributed by atoms with Crippen LogP contribution in [0.1, 0.15) is 25.1 Å². The molecule has 1 aromatic carbocycles. The van der Waals surface area contributed by atoms with Gasteiger partial charge in [-0.25, -0.2) is 0 Å². The molecule has 2 aromatic rings. The first-order valence-electron chi connectivity index (χ1n) is 9.05. The third kappa shape index (κ3) is 6.75. The number of aryl methyl sites for hydroxylation is 1. The summed E-state index contributed by atoms with van der Waals surface area (Å²) in [6.07, 6.45) is 2.90. The van der Waals surface area contributed by atoms with Crippen molar-refractivity contribution in [1.29, 1.82) is 0 Å². The summed E-state index contributed by atoms with van der Waals surface area (Å²) >= 11 is 3.52. The molecule has 7 heteroatoms. The number of nitrogens with zero attached hydrogens (tertiary/aromatic N) is 3. The number of guanidine groups is 1. The summed E-state index contributed by atoms with van der Waals surface area (Å²) in [5, 5.41) is 6.13. The zero-order valence-electron chi connectivity index (χ0n) is 16.4. The van der Waals surface area contributed by atoms with Gasteiger partial charge in [-0.1, -0.05) is 12.1 Å². The number of rotatable bonds is 7. The molecule has 1 heterocycles. The van der Waals surface area contributed by atoms with Crippen molar-refractivity contribution in [3.63, 3.8) is 0 Å². The average molecular weight is 434 g/mol. The second-order valence-corrected chi connectivity index (χ2v) is 7.40. The number of nitrogens with one attached hydrogen (secondary N) is 2. The first kappa shape index (κ1) is 21.0. The molecule has 2 N–H and O–H groups in total. The minimum absolute atomic E-state index is 0.0593. The van der Waals surface area contributed by atoms with E-state index in [1.165, 1.54) is 18.2 Å². The summed E-state index contributed by atoms with van der Waals surface area (Å²) in [5.74, 6) is 0.834. The van der Waals surface area contributed by atoms with Gasteiger partial charge in [0.05, 0.1) is 6.54 Å². The molecule has 0 radical (unpaired) electrons. The summed E-state index contributed by atoms with van der Waals surface area (Å²) in [7, 11) is 4.09. The van der Waals surface area contributed by atoms with E-state index in [4.69, 9.17) is 4.99 Å². The van der Waals surface area contributed by atoms with Crippen molar-refractivity contribution in [2.24, 2.45) is 12.0 Å². The molecule has 0 saturated carbocycles. The maximum Gasteiger partial charge on any atom is 0.221 e. The van der Waals surface area contributed by atoms with Crippen LogP contribution in [-0.2, 0) is 24.8 Å². The van der Waals surface area contributed by atoms with Crippen molar-refractivity contribution in [1.82, 2.24) is 14.8 Å². The predicted molar refractivity (Wildman–Crippen MR) is 115 cm³/mol. The summed E-state index contributed by atoms with van der Waals surface area (Å²) in [5.41, 5.74) is 3.22. The van der Waals surface area contributed by atoms with Crippen LogP contribution in [-0.4, -0.2) is 41.5 Å². The maximum atomic E-state index is 11.1. The van der Waals surface area contributed by atoms with Gasteiger partial charge in [-0.15, -0.1) is 0 Å². The minimum Gasteiger partial charge on any atom is -0.357 e. The lowest BCUT2D eigenvalue weighted by Crippen LogP contribution is -2.39. The fraction of sp³-hybridized carbons (Fsp3) is 0.400. The largest absolute Gasteiger partial charge is 0.357 e.